The van der Waals surface area contributed by atoms with Crippen LogP contribution in [0.5, 0.6) is 0 Å². The van der Waals surface area contributed by atoms with Gasteiger partial charge in [-0.15, -0.1) is 0 Å². The number of hydrogen-bond donors (Lipinski definition) is 0. The van der Waals surface area contributed by atoms with Gasteiger partial charge in [-0.2, -0.15) is 0 Å². The zero-order valence-electron chi connectivity index (χ0n) is 9.51. The van der Waals surface area contributed by atoms with Crippen LogP contribution in [-0.2, 0) is 16.0 Å². The predicted octanol–water partition coefficient (Wildman–Crippen LogP) is 1.96. The Morgan fingerprint density at radius 2 is 2.12 bits per heavy atom. The van der Waals surface area contributed by atoms with Crippen LogP contribution in [0, 0.1) is 11.2 Å². The van der Waals surface area contributed by atoms with Gasteiger partial charge in [0.15, 0.2) is 0 Å². The lowest BCUT2D eigenvalue weighted by Gasteiger charge is -2.14. The molecule has 0 aliphatic heterocycles. The minimum Gasteiger partial charge on any atom is -0.469 e. The zero-order valence-corrected chi connectivity index (χ0v) is 9.51. The van der Waals surface area contributed by atoms with E-state index in [2.05, 4.69) is 5.97 Å². The van der Waals surface area contributed by atoms with Gasteiger partial charge in [0.25, 0.3) is 6.71 Å². The van der Waals surface area contributed by atoms with Gasteiger partial charge in [-0.25, -0.2) is 5.26 Å². The molecule has 0 spiro atoms. The van der Waals surface area contributed by atoms with Crippen LogP contribution in [0.1, 0.15) is 5.56 Å². The molecule has 0 radical (unpaired) electrons. The van der Waals surface area contributed by atoms with Crippen LogP contribution in [0.3, 0.4) is 0 Å². The van der Waals surface area contributed by atoms with Crippen LogP contribution in [0.4, 0.5) is 0 Å². The molecule has 0 fully saturated rings. The molecule has 0 aromatic heterocycles. The van der Waals surface area contributed by atoms with E-state index in [1.54, 1.807) is 6.82 Å². The lowest BCUT2D eigenvalue weighted by atomic mass is 9.43. The van der Waals surface area contributed by atoms with Gasteiger partial charge in [0, 0.05) is 5.97 Å². The van der Waals surface area contributed by atoms with Crippen LogP contribution < -0.4 is 0 Å². The normalized spacial score (nSPS) is 11.3. The van der Waals surface area contributed by atoms with Crippen LogP contribution in [0.2, 0.25) is 12.6 Å². The van der Waals surface area contributed by atoms with Crippen molar-refractivity contribution in [3.63, 3.8) is 0 Å². The highest BCUT2D eigenvalue weighted by atomic mass is 16.5. The molecule has 1 unspecified atom stereocenters. The fraction of sp³-hybridized carbons (Fsp3) is 0.333. The molecular formula is C12H14BNO2. The number of esters is 1. The molecule has 0 amide bonds. The highest BCUT2D eigenvalue weighted by Gasteiger charge is 2.29. The SMILES string of the molecule is COC(=O)C(Cc1ccccc1)B(C)C#N. The van der Waals surface area contributed by atoms with Crippen LogP contribution in [0.15, 0.2) is 30.3 Å². The summed E-state index contributed by atoms with van der Waals surface area (Å²) in [5, 5.41) is 8.87. The largest absolute Gasteiger partial charge is 0.469 e. The fourth-order valence-corrected chi connectivity index (χ4v) is 1.57. The summed E-state index contributed by atoms with van der Waals surface area (Å²) in [7, 11) is 1.35. The van der Waals surface area contributed by atoms with Crippen molar-refractivity contribution in [3.8, 4) is 5.97 Å². The van der Waals surface area contributed by atoms with E-state index in [1.807, 2.05) is 30.3 Å². The molecule has 82 valence electrons. The first kappa shape index (κ1) is 12.3. The lowest BCUT2D eigenvalue weighted by molar-refractivity contribution is -0.140. The van der Waals surface area contributed by atoms with Crippen molar-refractivity contribution in [3.05, 3.63) is 35.9 Å². The van der Waals surface area contributed by atoms with E-state index in [1.165, 1.54) is 7.11 Å². The van der Waals surface area contributed by atoms with Crippen molar-refractivity contribution in [1.29, 1.82) is 5.26 Å². The van der Waals surface area contributed by atoms with E-state index in [-0.39, 0.29) is 12.7 Å². The van der Waals surface area contributed by atoms with E-state index in [4.69, 9.17) is 10.00 Å². The molecule has 0 N–H and O–H groups in total. The third kappa shape index (κ3) is 3.13. The molecule has 0 heterocycles. The zero-order chi connectivity index (χ0) is 12.0. The highest BCUT2D eigenvalue weighted by molar-refractivity contribution is 6.70. The Balaban J connectivity index is 2.80. The Labute approximate surface area is 96.1 Å². The van der Waals surface area contributed by atoms with E-state index >= 15 is 0 Å². The Morgan fingerprint density at radius 1 is 1.50 bits per heavy atom. The standard InChI is InChI=1S/C12H14BNO2/c1-13(9-14)11(12(15)16-2)8-10-6-4-3-5-7-10/h3-7,11H,8H2,1-2H3. The molecule has 4 heteroatoms. The van der Waals surface area contributed by atoms with Crippen molar-refractivity contribution in [2.24, 2.45) is 0 Å². The summed E-state index contributed by atoms with van der Waals surface area (Å²) in [5.41, 5.74) is 1.04. The summed E-state index contributed by atoms with van der Waals surface area (Å²) in [6.45, 7) is 1.40. The van der Waals surface area contributed by atoms with Gasteiger partial charge in [0.1, 0.15) is 0 Å². The van der Waals surface area contributed by atoms with Crippen LogP contribution in [0.25, 0.3) is 0 Å². The molecule has 0 aliphatic rings. The number of carbonyl (C=O) groups excluding carboxylic acids is 1. The Hall–Kier alpha value is -1.76. The second kappa shape index (κ2) is 5.97. The molecule has 3 nitrogen and oxygen atoms in total. The molecule has 0 saturated heterocycles. The second-order valence-corrected chi connectivity index (χ2v) is 3.74. The number of methoxy groups -OCH3 is 1. The summed E-state index contributed by atoms with van der Waals surface area (Å²) in [5.74, 6) is 1.39. The average molecular weight is 215 g/mol. The van der Waals surface area contributed by atoms with Crippen LogP contribution >= 0.6 is 0 Å². The molecule has 1 aromatic rings. The van der Waals surface area contributed by atoms with Crippen molar-refractivity contribution in [2.45, 2.75) is 19.1 Å². The number of nitrogens with zero attached hydrogens (tertiary/aromatic N) is 1. The quantitative estimate of drug-likeness (QED) is 0.569. The predicted molar refractivity (Wildman–Crippen MR) is 63.1 cm³/mol. The first-order valence-electron chi connectivity index (χ1n) is 5.20. The van der Waals surface area contributed by atoms with Gasteiger partial charge in [0.05, 0.1) is 12.9 Å². The third-order valence-corrected chi connectivity index (χ3v) is 2.61. The Kier molecular flexibility index (Phi) is 4.59. The monoisotopic (exact) mass is 215 g/mol. The summed E-state index contributed by atoms with van der Waals surface area (Å²) in [6.07, 6.45) is 0.544. The summed E-state index contributed by atoms with van der Waals surface area (Å²) < 4.78 is 4.72. The summed E-state index contributed by atoms with van der Waals surface area (Å²) >= 11 is 0. The number of nitriles is 1. The Bertz CT molecular complexity index is 386. The van der Waals surface area contributed by atoms with Gasteiger partial charge >= 0.3 is 5.97 Å². The van der Waals surface area contributed by atoms with Gasteiger partial charge in [-0.05, 0) is 12.0 Å². The number of benzene rings is 1. The van der Waals surface area contributed by atoms with E-state index in [0.29, 0.717) is 6.42 Å². The molecule has 0 bridgehead atoms. The number of ether oxygens (including phenoxy) is 1. The van der Waals surface area contributed by atoms with E-state index in [9.17, 15) is 4.79 Å². The first-order chi connectivity index (χ1) is 7.69. The van der Waals surface area contributed by atoms with Crippen molar-refractivity contribution >= 4 is 12.7 Å². The highest BCUT2D eigenvalue weighted by Crippen LogP contribution is 2.19. The van der Waals surface area contributed by atoms with Crippen LogP contribution in [-0.4, -0.2) is 19.8 Å². The molecular weight excluding hydrogens is 201 g/mol. The molecule has 0 aliphatic carbocycles. The summed E-state index contributed by atoms with van der Waals surface area (Å²) in [6, 6.07) is 9.64. The number of rotatable bonds is 4. The maximum atomic E-state index is 11.5. The van der Waals surface area contributed by atoms with E-state index < -0.39 is 5.82 Å². The minimum absolute atomic E-state index is 0.321. The van der Waals surface area contributed by atoms with Gasteiger partial charge in [-0.1, -0.05) is 37.2 Å². The van der Waals surface area contributed by atoms with E-state index in [0.717, 1.165) is 5.56 Å². The maximum Gasteiger partial charge on any atom is 0.302 e. The first-order valence-corrected chi connectivity index (χ1v) is 5.20. The number of carbonyl (C=O) groups is 1. The topological polar surface area (TPSA) is 50.1 Å². The smallest absolute Gasteiger partial charge is 0.302 e. The second-order valence-electron chi connectivity index (χ2n) is 3.74. The molecule has 16 heavy (non-hydrogen) atoms. The average Bonchev–Trinajstić information content (AvgIpc) is 2.35. The molecule has 1 atom stereocenters. The van der Waals surface area contributed by atoms with Crippen molar-refractivity contribution < 1.29 is 9.53 Å². The third-order valence-electron chi connectivity index (χ3n) is 2.61. The minimum atomic E-state index is -0.391. The van der Waals surface area contributed by atoms with Gasteiger partial charge in [0.2, 0.25) is 0 Å². The molecule has 1 aromatic carbocycles. The lowest BCUT2D eigenvalue weighted by Crippen LogP contribution is -2.26. The molecule has 1 rings (SSSR count). The van der Waals surface area contributed by atoms with Gasteiger partial charge in [-0.3, -0.25) is 4.79 Å². The fourth-order valence-electron chi connectivity index (χ4n) is 1.57. The molecule has 0 saturated carbocycles. The maximum absolute atomic E-state index is 11.5. The van der Waals surface area contributed by atoms with Crippen molar-refractivity contribution in [2.75, 3.05) is 7.11 Å². The Morgan fingerprint density at radius 3 is 2.62 bits per heavy atom. The summed E-state index contributed by atoms with van der Waals surface area (Å²) in [4.78, 5) is 11.5. The van der Waals surface area contributed by atoms with Gasteiger partial charge < -0.3 is 4.74 Å². The van der Waals surface area contributed by atoms with Crippen molar-refractivity contribution in [1.82, 2.24) is 0 Å². The number of hydrogen-bond acceptors (Lipinski definition) is 3.